The van der Waals surface area contributed by atoms with Crippen molar-refractivity contribution in [3.63, 3.8) is 0 Å². The monoisotopic (exact) mass is 258 g/mol. The van der Waals surface area contributed by atoms with Gasteiger partial charge < -0.3 is 11.1 Å². The highest BCUT2D eigenvalue weighted by Gasteiger charge is 2.41. The van der Waals surface area contributed by atoms with Gasteiger partial charge in [0.2, 0.25) is 0 Å². The van der Waals surface area contributed by atoms with Crippen LogP contribution in [0.2, 0.25) is 0 Å². The Bertz CT molecular complexity index is 600. The van der Waals surface area contributed by atoms with Crippen LogP contribution in [-0.4, -0.2) is 28.6 Å². The predicted molar refractivity (Wildman–Crippen MR) is 72.9 cm³/mol. The number of amides is 1. The second kappa shape index (κ2) is 4.66. The van der Waals surface area contributed by atoms with Crippen molar-refractivity contribution in [2.24, 2.45) is 11.1 Å². The molecule has 0 saturated heterocycles. The van der Waals surface area contributed by atoms with Crippen LogP contribution in [0.4, 0.5) is 0 Å². The standard InChI is InChI=1S/C14H18N4O/c15-7-6-14(4-5-14)10-16-13(19)11-9-17-18-8-2-1-3-12(11)18/h1-3,8-9H,4-7,10,15H2,(H,16,19). The zero-order valence-electron chi connectivity index (χ0n) is 10.8. The molecule has 19 heavy (non-hydrogen) atoms. The van der Waals surface area contributed by atoms with Crippen LogP contribution in [0.25, 0.3) is 5.52 Å². The van der Waals surface area contributed by atoms with Gasteiger partial charge in [0.15, 0.2) is 0 Å². The largest absolute Gasteiger partial charge is 0.351 e. The molecule has 2 aromatic rings. The quantitative estimate of drug-likeness (QED) is 0.846. The number of carbonyl (C=O) groups excluding carboxylic acids is 1. The summed E-state index contributed by atoms with van der Waals surface area (Å²) in [6.07, 6.45) is 6.77. The van der Waals surface area contributed by atoms with Crippen LogP contribution in [0, 0.1) is 5.41 Å². The first-order valence-electron chi connectivity index (χ1n) is 6.65. The molecule has 2 heterocycles. The Morgan fingerprint density at radius 1 is 1.47 bits per heavy atom. The summed E-state index contributed by atoms with van der Waals surface area (Å²) in [6.45, 7) is 1.40. The average molecular weight is 258 g/mol. The maximum Gasteiger partial charge on any atom is 0.255 e. The minimum atomic E-state index is -0.0514. The summed E-state index contributed by atoms with van der Waals surface area (Å²) in [5.74, 6) is -0.0514. The maximum atomic E-state index is 12.2. The summed E-state index contributed by atoms with van der Waals surface area (Å²) in [6, 6.07) is 5.70. The fourth-order valence-corrected chi connectivity index (χ4v) is 2.47. The Kier molecular flexibility index (Phi) is 2.98. The molecule has 0 aliphatic heterocycles. The molecule has 100 valence electrons. The summed E-state index contributed by atoms with van der Waals surface area (Å²) in [5.41, 5.74) is 7.33. The number of hydrogen-bond donors (Lipinski definition) is 2. The van der Waals surface area contributed by atoms with E-state index in [1.165, 1.54) is 12.8 Å². The fourth-order valence-electron chi connectivity index (χ4n) is 2.47. The Morgan fingerprint density at radius 3 is 3.05 bits per heavy atom. The van der Waals surface area contributed by atoms with Gasteiger partial charge in [0.05, 0.1) is 17.3 Å². The third kappa shape index (κ3) is 2.33. The van der Waals surface area contributed by atoms with Gasteiger partial charge in [-0.2, -0.15) is 5.10 Å². The molecule has 1 aliphatic carbocycles. The van der Waals surface area contributed by atoms with Crippen molar-refractivity contribution >= 4 is 11.4 Å². The third-order valence-corrected chi connectivity index (χ3v) is 3.93. The average Bonchev–Trinajstić information content (AvgIpc) is 3.05. The number of aromatic nitrogens is 2. The van der Waals surface area contributed by atoms with E-state index in [0.29, 0.717) is 18.7 Å². The molecule has 1 aliphatic rings. The van der Waals surface area contributed by atoms with E-state index in [1.807, 2.05) is 24.4 Å². The highest BCUT2D eigenvalue weighted by Crippen LogP contribution is 2.47. The van der Waals surface area contributed by atoms with Crippen LogP contribution >= 0.6 is 0 Å². The first-order chi connectivity index (χ1) is 9.24. The molecular formula is C14H18N4O. The normalized spacial score (nSPS) is 16.5. The van der Waals surface area contributed by atoms with Crippen LogP contribution < -0.4 is 11.1 Å². The van der Waals surface area contributed by atoms with Crippen molar-refractivity contribution in [1.82, 2.24) is 14.9 Å². The molecule has 3 rings (SSSR count). The number of rotatable bonds is 5. The first-order valence-corrected chi connectivity index (χ1v) is 6.65. The molecule has 1 fully saturated rings. The van der Waals surface area contributed by atoms with Gasteiger partial charge in [-0.05, 0) is 43.4 Å². The number of nitrogens with zero attached hydrogens (tertiary/aromatic N) is 2. The molecule has 0 spiro atoms. The minimum absolute atomic E-state index is 0.0514. The van der Waals surface area contributed by atoms with Gasteiger partial charge in [0.1, 0.15) is 0 Å². The second-order valence-corrected chi connectivity index (χ2v) is 5.31. The van der Waals surface area contributed by atoms with Gasteiger partial charge in [-0.25, -0.2) is 4.52 Å². The van der Waals surface area contributed by atoms with E-state index in [4.69, 9.17) is 5.73 Å². The molecule has 5 heteroatoms. The number of pyridine rings is 1. The van der Waals surface area contributed by atoms with E-state index in [1.54, 1.807) is 10.7 Å². The predicted octanol–water partition coefficient (Wildman–Crippen LogP) is 1.19. The SMILES string of the molecule is NCCC1(CNC(=O)c2cnn3ccccc23)CC1. The molecule has 3 N–H and O–H groups in total. The van der Waals surface area contributed by atoms with E-state index >= 15 is 0 Å². The Hall–Kier alpha value is -1.88. The maximum absolute atomic E-state index is 12.2. The first kappa shape index (κ1) is 12.2. The van der Waals surface area contributed by atoms with Crippen LogP contribution in [0.1, 0.15) is 29.6 Å². The second-order valence-electron chi connectivity index (χ2n) is 5.31. The lowest BCUT2D eigenvalue weighted by Crippen LogP contribution is -2.31. The summed E-state index contributed by atoms with van der Waals surface area (Å²) < 4.78 is 1.71. The van der Waals surface area contributed by atoms with E-state index in [-0.39, 0.29) is 11.3 Å². The number of fused-ring (bicyclic) bond motifs is 1. The highest BCUT2D eigenvalue weighted by atomic mass is 16.1. The molecule has 0 unspecified atom stereocenters. The number of nitrogens with two attached hydrogens (primary N) is 1. The zero-order valence-corrected chi connectivity index (χ0v) is 10.8. The van der Waals surface area contributed by atoms with E-state index in [9.17, 15) is 4.79 Å². The van der Waals surface area contributed by atoms with Gasteiger partial charge >= 0.3 is 0 Å². The topological polar surface area (TPSA) is 72.4 Å². The lowest BCUT2D eigenvalue weighted by Gasteiger charge is -2.14. The van der Waals surface area contributed by atoms with E-state index < -0.39 is 0 Å². The Morgan fingerprint density at radius 2 is 2.32 bits per heavy atom. The van der Waals surface area contributed by atoms with Gasteiger partial charge in [0, 0.05) is 12.7 Å². The lowest BCUT2D eigenvalue weighted by atomic mass is 10.0. The molecule has 2 aromatic heterocycles. The molecule has 0 atom stereocenters. The van der Waals surface area contributed by atoms with Crippen molar-refractivity contribution < 1.29 is 4.79 Å². The smallest absolute Gasteiger partial charge is 0.255 e. The number of hydrogen-bond acceptors (Lipinski definition) is 3. The summed E-state index contributed by atoms with van der Waals surface area (Å²) in [5, 5.41) is 7.19. The van der Waals surface area contributed by atoms with Crippen LogP contribution in [0.5, 0.6) is 0 Å². The number of carbonyl (C=O) groups is 1. The fraction of sp³-hybridized carbons (Fsp3) is 0.429. The molecule has 0 bridgehead atoms. The molecule has 0 radical (unpaired) electrons. The van der Waals surface area contributed by atoms with Crippen molar-refractivity contribution in [2.75, 3.05) is 13.1 Å². The molecule has 1 amide bonds. The Balaban J connectivity index is 1.71. The van der Waals surface area contributed by atoms with Crippen LogP contribution in [0.3, 0.4) is 0 Å². The molecule has 1 saturated carbocycles. The molecular weight excluding hydrogens is 240 g/mol. The van der Waals surface area contributed by atoms with E-state index in [2.05, 4.69) is 10.4 Å². The minimum Gasteiger partial charge on any atom is -0.351 e. The number of nitrogens with one attached hydrogen (secondary N) is 1. The van der Waals surface area contributed by atoms with Crippen molar-refractivity contribution in [2.45, 2.75) is 19.3 Å². The van der Waals surface area contributed by atoms with Crippen LogP contribution in [-0.2, 0) is 0 Å². The third-order valence-electron chi connectivity index (χ3n) is 3.93. The lowest BCUT2D eigenvalue weighted by molar-refractivity contribution is 0.0945. The van der Waals surface area contributed by atoms with Crippen molar-refractivity contribution in [1.29, 1.82) is 0 Å². The summed E-state index contributed by atoms with van der Waals surface area (Å²) >= 11 is 0. The van der Waals surface area contributed by atoms with Crippen molar-refractivity contribution in [3.8, 4) is 0 Å². The Labute approximate surface area is 111 Å². The van der Waals surface area contributed by atoms with Crippen LogP contribution in [0.15, 0.2) is 30.6 Å². The van der Waals surface area contributed by atoms with Gasteiger partial charge in [-0.1, -0.05) is 6.07 Å². The summed E-state index contributed by atoms with van der Waals surface area (Å²) in [4.78, 5) is 12.2. The van der Waals surface area contributed by atoms with Gasteiger partial charge in [-0.3, -0.25) is 4.79 Å². The molecule has 0 aromatic carbocycles. The van der Waals surface area contributed by atoms with Gasteiger partial charge in [-0.15, -0.1) is 0 Å². The highest BCUT2D eigenvalue weighted by molar-refractivity contribution is 6.00. The van der Waals surface area contributed by atoms with Gasteiger partial charge in [0.25, 0.3) is 5.91 Å². The summed E-state index contributed by atoms with van der Waals surface area (Å²) in [7, 11) is 0. The van der Waals surface area contributed by atoms with Crippen molar-refractivity contribution in [3.05, 3.63) is 36.2 Å². The molecule has 5 nitrogen and oxygen atoms in total. The van der Waals surface area contributed by atoms with E-state index in [0.717, 1.165) is 11.9 Å². The zero-order chi connectivity index (χ0) is 13.3.